The predicted octanol–water partition coefficient (Wildman–Crippen LogP) is 0.736. The summed E-state index contributed by atoms with van der Waals surface area (Å²) in [4.78, 5) is 36.4. The van der Waals surface area contributed by atoms with E-state index in [1.54, 1.807) is 6.07 Å². The molecule has 4 heterocycles. The Morgan fingerprint density at radius 3 is 2.74 bits per heavy atom. The third-order valence-electron chi connectivity index (χ3n) is 4.56. The molecule has 2 bridgehead atoms. The van der Waals surface area contributed by atoms with E-state index in [0.717, 1.165) is 5.56 Å². The van der Waals surface area contributed by atoms with Gasteiger partial charge in [-0.05, 0) is 22.4 Å². The number of aliphatic hydroxyl groups is 1. The van der Waals surface area contributed by atoms with Crippen LogP contribution in [0.1, 0.15) is 5.56 Å². The van der Waals surface area contributed by atoms with Crippen LogP contribution in [0.4, 0.5) is 11.4 Å². The number of carbonyl (C=O) groups is 2. The van der Waals surface area contributed by atoms with Crippen LogP contribution < -0.4 is 4.90 Å². The zero-order valence-corrected chi connectivity index (χ0v) is 13.5. The number of piperazine rings is 1. The van der Waals surface area contributed by atoms with Gasteiger partial charge in [0.05, 0.1) is 17.2 Å². The van der Waals surface area contributed by atoms with Crippen molar-refractivity contribution in [3.05, 3.63) is 33.9 Å². The molecule has 1 spiro atoms. The fraction of sp³-hybridized carbons (Fsp3) is 0.385. The molecule has 1 N–H and O–H groups in total. The number of benzene rings is 1. The minimum Gasteiger partial charge on any atom is -0.392 e. The van der Waals surface area contributed by atoms with Crippen molar-refractivity contribution in [1.29, 1.82) is 0 Å². The molecular formula is C13H11N3O5S2. The smallest absolute Gasteiger partial charge is 0.271 e. The summed E-state index contributed by atoms with van der Waals surface area (Å²) in [5.74, 6) is -0.682. The lowest BCUT2D eigenvalue weighted by Crippen LogP contribution is -2.77. The van der Waals surface area contributed by atoms with Gasteiger partial charge in [-0.2, -0.15) is 0 Å². The lowest BCUT2D eigenvalue weighted by Gasteiger charge is -2.57. The first kappa shape index (κ1) is 14.8. The normalized spacial score (nSPS) is 31.4. The molecule has 0 radical (unpaired) electrons. The number of hydrogen-bond acceptors (Lipinski definition) is 7. The van der Waals surface area contributed by atoms with Crippen molar-refractivity contribution in [1.82, 2.24) is 4.90 Å². The van der Waals surface area contributed by atoms with Crippen LogP contribution in [0.3, 0.4) is 0 Å². The molecule has 2 amide bonds. The number of fused-ring (bicyclic) bond motifs is 3. The van der Waals surface area contributed by atoms with Gasteiger partial charge in [-0.15, -0.1) is 0 Å². The Hall–Kier alpha value is -1.78. The zero-order chi connectivity index (χ0) is 16.6. The molecule has 0 saturated carbocycles. The lowest BCUT2D eigenvalue weighted by molar-refractivity contribution is -0.384. The molecule has 2 atom stereocenters. The maximum absolute atomic E-state index is 13.0. The van der Waals surface area contributed by atoms with E-state index in [1.165, 1.54) is 50.6 Å². The van der Waals surface area contributed by atoms with Crippen LogP contribution in [-0.2, 0) is 16.0 Å². The fourth-order valence-corrected chi connectivity index (χ4v) is 6.79. The highest BCUT2D eigenvalue weighted by molar-refractivity contribution is 8.78. The summed E-state index contributed by atoms with van der Waals surface area (Å²) in [7, 11) is 3.92. The van der Waals surface area contributed by atoms with E-state index in [2.05, 4.69) is 0 Å². The number of nitro benzene ring substituents is 1. The third kappa shape index (κ3) is 1.53. The van der Waals surface area contributed by atoms with Gasteiger partial charge < -0.3 is 10.0 Å². The van der Waals surface area contributed by atoms with E-state index >= 15 is 0 Å². The molecule has 3 saturated heterocycles. The Bertz CT molecular complexity index is 787. The number of nitrogens with zero attached hydrogens (tertiary/aromatic N) is 3. The second-order valence-electron chi connectivity index (χ2n) is 5.65. The molecule has 8 nitrogen and oxygen atoms in total. The summed E-state index contributed by atoms with van der Waals surface area (Å²) in [6, 6.07) is 4.29. The van der Waals surface area contributed by atoms with Gasteiger partial charge in [-0.1, -0.05) is 10.8 Å². The highest BCUT2D eigenvalue weighted by Crippen LogP contribution is 2.63. The Labute approximate surface area is 138 Å². The Kier molecular flexibility index (Phi) is 2.83. The van der Waals surface area contributed by atoms with Gasteiger partial charge in [0.15, 0.2) is 4.87 Å². The van der Waals surface area contributed by atoms with Gasteiger partial charge in [0.2, 0.25) is 4.87 Å². The van der Waals surface area contributed by atoms with Crippen LogP contribution in [0.5, 0.6) is 0 Å². The molecular weight excluding hydrogens is 342 g/mol. The number of amides is 2. The average molecular weight is 353 g/mol. The molecule has 5 rings (SSSR count). The van der Waals surface area contributed by atoms with Gasteiger partial charge in [-0.3, -0.25) is 24.6 Å². The number of anilines is 1. The minimum atomic E-state index is -1.38. The molecule has 10 heteroatoms. The van der Waals surface area contributed by atoms with Crippen molar-refractivity contribution in [2.45, 2.75) is 16.2 Å². The van der Waals surface area contributed by atoms with Crippen molar-refractivity contribution < 1.29 is 19.6 Å². The average Bonchev–Trinajstić information content (AvgIpc) is 2.88. The van der Waals surface area contributed by atoms with E-state index in [1.807, 2.05) is 0 Å². The van der Waals surface area contributed by atoms with Crippen molar-refractivity contribution in [2.24, 2.45) is 0 Å². The van der Waals surface area contributed by atoms with E-state index in [4.69, 9.17) is 0 Å². The van der Waals surface area contributed by atoms with E-state index in [9.17, 15) is 24.8 Å². The first-order valence-corrected chi connectivity index (χ1v) is 8.90. The Morgan fingerprint density at radius 2 is 2.09 bits per heavy atom. The van der Waals surface area contributed by atoms with Gasteiger partial charge in [-0.25, -0.2) is 0 Å². The molecule has 23 heavy (non-hydrogen) atoms. The summed E-state index contributed by atoms with van der Waals surface area (Å²) in [6.45, 7) is -0.511. The Balaban J connectivity index is 1.93. The summed E-state index contributed by atoms with van der Waals surface area (Å²) < 4.78 is 0. The number of non-ortho nitro benzene ring substituents is 1. The maximum atomic E-state index is 13.0. The molecule has 4 aliphatic heterocycles. The quantitative estimate of drug-likeness (QED) is 0.475. The summed E-state index contributed by atoms with van der Waals surface area (Å²) in [5, 5.41) is 20.8. The minimum absolute atomic E-state index is 0.133. The predicted molar refractivity (Wildman–Crippen MR) is 84.8 cm³/mol. The van der Waals surface area contributed by atoms with E-state index in [-0.39, 0.29) is 11.6 Å². The van der Waals surface area contributed by atoms with Crippen LogP contribution in [0.15, 0.2) is 18.2 Å². The molecule has 4 aliphatic rings. The maximum Gasteiger partial charge on any atom is 0.271 e. The number of carbonyl (C=O) groups excluding carboxylic acids is 2. The fourth-order valence-electron chi connectivity index (χ4n) is 3.28. The molecule has 1 aromatic rings. The zero-order valence-electron chi connectivity index (χ0n) is 11.9. The number of likely N-dealkylation sites (N-methyl/N-ethyl adjacent to an activating group) is 1. The first-order chi connectivity index (χ1) is 10.9. The second kappa shape index (κ2) is 4.40. The number of aliphatic hydroxyl groups excluding tert-OH is 1. The number of hydrogen-bond donors (Lipinski definition) is 1. The monoisotopic (exact) mass is 353 g/mol. The Morgan fingerprint density at radius 1 is 1.35 bits per heavy atom. The second-order valence-corrected chi connectivity index (χ2v) is 8.33. The van der Waals surface area contributed by atoms with E-state index < -0.39 is 27.2 Å². The van der Waals surface area contributed by atoms with Crippen LogP contribution in [0, 0.1) is 10.1 Å². The van der Waals surface area contributed by atoms with Crippen molar-refractivity contribution in [2.75, 3.05) is 18.6 Å². The van der Waals surface area contributed by atoms with Crippen molar-refractivity contribution in [3.63, 3.8) is 0 Å². The summed E-state index contributed by atoms with van der Waals surface area (Å²) >= 11 is 0. The van der Waals surface area contributed by atoms with Crippen LogP contribution in [0.2, 0.25) is 0 Å². The van der Waals surface area contributed by atoms with Gasteiger partial charge in [0.1, 0.15) is 0 Å². The van der Waals surface area contributed by atoms with Gasteiger partial charge >= 0.3 is 0 Å². The molecule has 0 aliphatic carbocycles. The first-order valence-electron chi connectivity index (χ1n) is 6.75. The largest absolute Gasteiger partial charge is 0.392 e. The van der Waals surface area contributed by atoms with Crippen LogP contribution in [0.25, 0.3) is 0 Å². The number of rotatable bonds is 2. The highest BCUT2D eigenvalue weighted by atomic mass is 33.1. The topological polar surface area (TPSA) is 104 Å². The molecule has 120 valence electrons. The molecule has 1 aromatic carbocycles. The van der Waals surface area contributed by atoms with Crippen molar-refractivity contribution >= 4 is 44.8 Å². The van der Waals surface area contributed by atoms with Crippen molar-refractivity contribution in [3.8, 4) is 0 Å². The molecule has 1 unspecified atom stereocenters. The SMILES string of the molecule is CN1C(=O)[C@@]23Cc4ccc([N+](=O)[O-])cc4N2C(=O)C1(CO)SS3. The van der Waals surface area contributed by atoms with Crippen LogP contribution >= 0.6 is 21.6 Å². The molecule has 3 fully saturated rings. The standard InChI is InChI=1S/C13H11N3O5S2/c1-14-10(18)12-5-7-2-3-8(16(20)21)4-9(7)15(12)11(19)13(14,6-17)23-22-12/h2-4,17H,5-6H2,1H3/t12-,13?/m0/s1. The number of nitro groups is 1. The van der Waals surface area contributed by atoms with Gasteiger partial charge in [0, 0.05) is 25.6 Å². The third-order valence-corrected chi connectivity index (χ3v) is 8.18. The lowest BCUT2D eigenvalue weighted by atomic mass is 10.0. The van der Waals surface area contributed by atoms with Gasteiger partial charge in [0.25, 0.3) is 17.5 Å². The van der Waals surface area contributed by atoms with Crippen LogP contribution in [-0.4, -0.2) is 50.1 Å². The summed E-state index contributed by atoms with van der Waals surface area (Å²) in [6.07, 6.45) is 0.300. The van der Waals surface area contributed by atoms with E-state index in [0.29, 0.717) is 12.1 Å². The summed E-state index contributed by atoms with van der Waals surface area (Å²) in [5.41, 5.74) is 0.970. The molecule has 0 aromatic heterocycles. The highest BCUT2D eigenvalue weighted by Gasteiger charge is 2.71.